The molecule has 0 unspecified atom stereocenters. The second kappa shape index (κ2) is 8.67. The number of nitrogens with two attached hydrogens (primary N) is 1. The maximum atomic E-state index is 13.4. The lowest BCUT2D eigenvalue weighted by Gasteiger charge is -2.10. The molecule has 3 N–H and O–H groups in total. The van der Waals surface area contributed by atoms with E-state index < -0.39 is 0 Å². The van der Waals surface area contributed by atoms with Gasteiger partial charge in [0.1, 0.15) is 5.82 Å². The van der Waals surface area contributed by atoms with E-state index in [1.807, 2.05) is 18.2 Å². The topological polar surface area (TPSA) is 63.3 Å². The number of benzene rings is 1. The van der Waals surface area contributed by atoms with Gasteiger partial charge >= 0.3 is 0 Å². The number of aromatic nitrogens is 1. The number of nitrogens with one attached hydrogen (secondary N) is 1. The summed E-state index contributed by atoms with van der Waals surface area (Å²) >= 11 is 0. The number of nitrogens with zero attached hydrogens (tertiary/aromatic N) is 2. The Bertz CT molecular complexity index is 644. The Kier molecular flexibility index (Phi) is 7.23. The molecular formula is C16H20FIN4. The van der Waals surface area contributed by atoms with Crippen molar-refractivity contribution in [1.82, 2.24) is 4.98 Å². The van der Waals surface area contributed by atoms with Crippen LogP contribution in [0.3, 0.4) is 0 Å². The van der Waals surface area contributed by atoms with Crippen molar-refractivity contribution in [3.05, 3.63) is 59.7 Å². The van der Waals surface area contributed by atoms with Crippen molar-refractivity contribution in [2.24, 2.45) is 10.7 Å². The highest BCUT2D eigenvalue weighted by Crippen LogP contribution is 2.18. The Labute approximate surface area is 147 Å². The van der Waals surface area contributed by atoms with Crippen LogP contribution in [0.15, 0.2) is 47.6 Å². The lowest BCUT2D eigenvalue weighted by atomic mass is 10.0. The third-order valence-electron chi connectivity index (χ3n) is 3.06. The number of hydrogen-bond donors (Lipinski definition) is 2. The molecule has 2 aromatic rings. The maximum absolute atomic E-state index is 13.4. The average molecular weight is 414 g/mol. The summed E-state index contributed by atoms with van der Waals surface area (Å²) in [4.78, 5) is 8.04. The van der Waals surface area contributed by atoms with Crippen LogP contribution in [0.2, 0.25) is 0 Å². The van der Waals surface area contributed by atoms with Crippen LogP contribution in [0.4, 0.5) is 10.1 Å². The molecular weight excluding hydrogens is 394 g/mol. The molecule has 0 aliphatic heterocycles. The first-order chi connectivity index (χ1) is 10.1. The molecule has 22 heavy (non-hydrogen) atoms. The maximum Gasteiger partial charge on any atom is 0.193 e. The van der Waals surface area contributed by atoms with E-state index in [0.717, 1.165) is 5.69 Å². The Balaban J connectivity index is 0.00000242. The van der Waals surface area contributed by atoms with Crippen molar-refractivity contribution in [1.29, 1.82) is 0 Å². The molecule has 0 fully saturated rings. The molecule has 1 aromatic heterocycles. The minimum absolute atomic E-state index is 0. The van der Waals surface area contributed by atoms with Gasteiger partial charge in [0.05, 0.1) is 12.2 Å². The van der Waals surface area contributed by atoms with Crippen molar-refractivity contribution in [3.8, 4) is 0 Å². The van der Waals surface area contributed by atoms with Gasteiger partial charge in [-0.25, -0.2) is 9.38 Å². The van der Waals surface area contributed by atoms with Crippen molar-refractivity contribution in [3.63, 3.8) is 0 Å². The van der Waals surface area contributed by atoms with Crippen LogP contribution >= 0.6 is 24.0 Å². The first-order valence-corrected chi connectivity index (χ1v) is 6.82. The van der Waals surface area contributed by atoms with Crippen LogP contribution in [-0.4, -0.2) is 10.9 Å². The van der Waals surface area contributed by atoms with Gasteiger partial charge in [-0.1, -0.05) is 26.0 Å². The van der Waals surface area contributed by atoms with E-state index >= 15 is 0 Å². The molecule has 0 radical (unpaired) electrons. The van der Waals surface area contributed by atoms with Gasteiger partial charge in [-0.3, -0.25) is 4.98 Å². The predicted octanol–water partition coefficient (Wildman–Crippen LogP) is 3.89. The van der Waals surface area contributed by atoms with Gasteiger partial charge in [0.2, 0.25) is 0 Å². The Morgan fingerprint density at radius 3 is 2.77 bits per heavy atom. The zero-order valence-electron chi connectivity index (χ0n) is 12.6. The van der Waals surface area contributed by atoms with Crippen molar-refractivity contribution in [2.45, 2.75) is 26.3 Å². The molecule has 6 heteroatoms. The summed E-state index contributed by atoms with van der Waals surface area (Å²) in [5.41, 5.74) is 8.17. The average Bonchev–Trinajstić information content (AvgIpc) is 2.46. The monoisotopic (exact) mass is 414 g/mol. The van der Waals surface area contributed by atoms with Crippen molar-refractivity contribution in [2.75, 3.05) is 5.32 Å². The fraction of sp³-hybridized carbons (Fsp3) is 0.250. The van der Waals surface area contributed by atoms with E-state index in [9.17, 15) is 4.39 Å². The zero-order valence-corrected chi connectivity index (χ0v) is 14.9. The van der Waals surface area contributed by atoms with Crippen LogP contribution < -0.4 is 11.1 Å². The normalized spacial score (nSPS) is 11.2. The molecule has 0 amide bonds. The van der Waals surface area contributed by atoms with Gasteiger partial charge in [0.25, 0.3) is 0 Å². The summed E-state index contributed by atoms with van der Waals surface area (Å²) in [6.45, 7) is 4.36. The van der Waals surface area contributed by atoms with Gasteiger partial charge in [-0.05, 0) is 35.7 Å². The fourth-order valence-corrected chi connectivity index (χ4v) is 1.86. The summed E-state index contributed by atoms with van der Waals surface area (Å²) in [5.74, 6) is 0.296. The van der Waals surface area contributed by atoms with Gasteiger partial charge in [-0.15, -0.1) is 24.0 Å². The summed E-state index contributed by atoms with van der Waals surface area (Å²) in [6.07, 6.45) is 1.53. The van der Waals surface area contributed by atoms with E-state index in [0.29, 0.717) is 5.92 Å². The molecule has 0 saturated carbocycles. The Morgan fingerprint density at radius 2 is 2.09 bits per heavy atom. The quantitative estimate of drug-likeness (QED) is 0.454. The lowest BCUT2D eigenvalue weighted by Crippen LogP contribution is -2.22. The van der Waals surface area contributed by atoms with Gasteiger partial charge in [0, 0.05) is 11.9 Å². The van der Waals surface area contributed by atoms with E-state index in [2.05, 4.69) is 35.2 Å². The predicted molar refractivity (Wildman–Crippen MR) is 99.1 cm³/mol. The molecule has 2 rings (SSSR count). The SMILES string of the molecule is CC(C)c1cccc(NC(N)=NCc2ncccc2F)c1.I. The molecule has 1 aromatic carbocycles. The van der Waals surface area contributed by atoms with E-state index in [1.54, 1.807) is 6.07 Å². The van der Waals surface area contributed by atoms with Gasteiger partial charge in [-0.2, -0.15) is 0 Å². The second-order valence-corrected chi connectivity index (χ2v) is 5.04. The molecule has 0 spiro atoms. The first kappa shape index (κ1) is 18.3. The van der Waals surface area contributed by atoms with Crippen LogP contribution in [0.5, 0.6) is 0 Å². The zero-order chi connectivity index (χ0) is 15.2. The smallest absolute Gasteiger partial charge is 0.193 e. The highest BCUT2D eigenvalue weighted by atomic mass is 127. The van der Waals surface area contributed by atoms with E-state index in [-0.39, 0.29) is 48.0 Å². The number of halogens is 2. The molecule has 0 aliphatic rings. The van der Waals surface area contributed by atoms with Crippen molar-refractivity contribution < 1.29 is 4.39 Å². The molecule has 0 atom stereocenters. The van der Waals surface area contributed by atoms with Crippen LogP contribution in [0.1, 0.15) is 31.0 Å². The molecule has 0 bridgehead atoms. The summed E-state index contributed by atoms with van der Waals surface area (Å²) < 4.78 is 13.4. The minimum atomic E-state index is -0.379. The highest BCUT2D eigenvalue weighted by Gasteiger charge is 2.03. The summed E-state index contributed by atoms with van der Waals surface area (Å²) in [5, 5.41) is 3.00. The van der Waals surface area contributed by atoms with Crippen LogP contribution in [-0.2, 0) is 6.54 Å². The van der Waals surface area contributed by atoms with E-state index in [1.165, 1.54) is 17.8 Å². The lowest BCUT2D eigenvalue weighted by molar-refractivity contribution is 0.600. The van der Waals surface area contributed by atoms with Crippen LogP contribution in [0, 0.1) is 5.82 Å². The third-order valence-corrected chi connectivity index (χ3v) is 3.06. The fourth-order valence-electron chi connectivity index (χ4n) is 1.86. The van der Waals surface area contributed by atoms with Crippen LogP contribution in [0.25, 0.3) is 0 Å². The summed E-state index contributed by atoms with van der Waals surface area (Å²) in [7, 11) is 0. The van der Waals surface area contributed by atoms with Gasteiger partial charge in [0.15, 0.2) is 5.96 Å². The minimum Gasteiger partial charge on any atom is -0.370 e. The largest absolute Gasteiger partial charge is 0.370 e. The number of aliphatic imine (C=N–C) groups is 1. The molecule has 1 heterocycles. The number of guanidine groups is 1. The third kappa shape index (κ3) is 5.25. The highest BCUT2D eigenvalue weighted by molar-refractivity contribution is 14.0. The number of anilines is 1. The summed E-state index contributed by atoms with van der Waals surface area (Å²) in [6, 6.07) is 10.9. The number of pyridine rings is 1. The number of rotatable bonds is 4. The second-order valence-electron chi connectivity index (χ2n) is 5.04. The Morgan fingerprint density at radius 1 is 1.32 bits per heavy atom. The molecule has 4 nitrogen and oxygen atoms in total. The number of hydrogen-bond acceptors (Lipinski definition) is 2. The van der Waals surface area contributed by atoms with E-state index in [4.69, 9.17) is 5.73 Å². The molecule has 0 saturated heterocycles. The standard InChI is InChI=1S/C16H19FN4.HI/c1-11(2)12-5-3-6-13(9-12)21-16(18)20-10-15-14(17)7-4-8-19-15;/h3-9,11H,10H2,1-2H3,(H3,18,20,21);1H. The Hall–Kier alpha value is -1.70. The molecule has 118 valence electrons. The van der Waals surface area contributed by atoms with Gasteiger partial charge < -0.3 is 11.1 Å². The van der Waals surface area contributed by atoms with Crippen molar-refractivity contribution >= 4 is 35.6 Å². The molecule has 0 aliphatic carbocycles. The first-order valence-electron chi connectivity index (χ1n) is 6.82.